The molecule has 0 spiro atoms. The largest absolute Gasteiger partial charge is 0.370 e. The minimum absolute atomic E-state index is 0.0620. The molecule has 1 aromatic carbocycles. The lowest BCUT2D eigenvalue weighted by molar-refractivity contribution is 1.33. The lowest BCUT2D eigenvalue weighted by Gasteiger charge is -2.08. The highest BCUT2D eigenvalue weighted by Gasteiger charge is 2.10. The highest BCUT2D eigenvalue weighted by Crippen LogP contribution is 2.35. The number of nitrogens with zero attached hydrogens (tertiary/aromatic N) is 2. The van der Waals surface area contributed by atoms with Crippen LogP contribution in [0.3, 0.4) is 0 Å². The van der Waals surface area contributed by atoms with Gasteiger partial charge in [-0.3, -0.25) is 0 Å². The Morgan fingerprint density at radius 1 is 1.12 bits per heavy atom. The van der Waals surface area contributed by atoms with Gasteiger partial charge in [0, 0.05) is 5.02 Å². The molecule has 0 aliphatic rings. The van der Waals surface area contributed by atoms with Crippen LogP contribution in [0.5, 0.6) is 0 Å². The van der Waals surface area contributed by atoms with Crippen molar-refractivity contribution in [1.82, 2.24) is 0 Å². The number of halogens is 2. The SMILES string of the molecule is Cc1cc(N=C(N)N=C(N)N)c(Cl)c(C)c1Cl. The number of rotatable bonds is 1. The lowest BCUT2D eigenvalue weighted by atomic mass is 10.1. The quantitative estimate of drug-likeness (QED) is 0.537. The van der Waals surface area contributed by atoms with Gasteiger partial charge in [0.05, 0.1) is 10.7 Å². The second-order valence-corrected chi connectivity index (χ2v) is 4.23. The van der Waals surface area contributed by atoms with Gasteiger partial charge in [-0.25, -0.2) is 4.99 Å². The normalized spacial score (nSPS) is 11.4. The van der Waals surface area contributed by atoms with Crippen LogP contribution in [0.2, 0.25) is 10.0 Å². The number of guanidine groups is 2. The number of aliphatic imine (C=N–C) groups is 2. The molecule has 1 aromatic rings. The fourth-order valence-corrected chi connectivity index (χ4v) is 1.67. The van der Waals surface area contributed by atoms with Gasteiger partial charge in [0.1, 0.15) is 0 Å². The van der Waals surface area contributed by atoms with Crippen LogP contribution in [0.25, 0.3) is 0 Å². The van der Waals surface area contributed by atoms with E-state index in [1.54, 1.807) is 13.0 Å². The third-order valence-electron chi connectivity index (χ3n) is 2.06. The number of nitrogens with two attached hydrogens (primary N) is 3. The molecule has 92 valence electrons. The zero-order valence-electron chi connectivity index (χ0n) is 9.46. The molecule has 0 atom stereocenters. The Balaban J connectivity index is 3.30. The monoisotopic (exact) mass is 273 g/mol. The first kappa shape index (κ1) is 13.6. The summed E-state index contributed by atoms with van der Waals surface area (Å²) in [7, 11) is 0. The van der Waals surface area contributed by atoms with Crippen molar-refractivity contribution in [2.45, 2.75) is 13.8 Å². The summed E-state index contributed by atoms with van der Waals surface area (Å²) in [5.41, 5.74) is 18.0. The summed E-state index contributed by atoms with van der Waals surface area (Å²) < 4.78 is 0. The van der Waals surface area contributed by atoms with Crippen LogP contribution in [-0.4, -0.2) is 11.9 Å². The van der Waals surface area contributed by atoms with Crippen molar-refractivity contribution in [2.24, 2.45) is 27.2 Å². The van der Waals surface area contributed by atoms with E-state index >= 15 is 0 Å². The minimum Gasteiger partial charge on any atom is -0.370 e. The zero-order valence-corrected chi connectivity index (χ0v) is 11.0. The molecule has 0 heterocycles. The molecule has 5 nitrogen and oxygen atoms in total. The van der Waals surface area contributed by atoms with Crippen molar-refractivity contribution in [3.8, 4) is 0 Å². The highest BCUT2D eigenvalue weighted by molar-refractivity contribution is 6.38. The van der Waals surface area contributed by atoms with Crippen molar-refractivity contribution in [3.63, 3.8) is 0 Å². The van der Waals surface area contributed by atoms with E-state index in [4.69, 9.17) is 40.4 Å². The first-order valence-corrected chi connectivity index (χ1v) is 5.47. The molecule has 0 aromatic heterocycles. The topological polar surface area (TPSA) is 103 Å². The smallest absolute Gasteiger partial charge is 0.223 e. The summed E-state index contributed by atoms with van der Waals surface area (Å²) in [6.07, 6.45) is 0. The fraction of sp³-hybridized carbons (Fsp3) is 0.200. The van der Waals surface area contributed by atoms with Gasteiger partial charge in [-0.2, -0.15) is 4.99 Å². The third-order valence-corrected chi connectivity index (χ3v) is 3.12. The Bertz CT molecular complexity index is 504. The molecule has 6 N–H and O–H groups in total. The van der Waals surface area contributed by atoms with E-state index in [1.807, 2.05) is 6.92 Å². The molecule has 17 heavy (non-hydrogen) atoms. The molecule has 0 aliphatic heterocycles. The summed E-state index contributed by atoms with van der Waals surface area (Å²) in [6, 6.07) is 1.72. The fourth-order valence-electron chi connectivity index (χ4n) is 1.28. The summed E-state index contributed by atoms with van der Waals surface area (Å²) in [6.45, 7) is 3.65. The zero-order chi connectivity index (χ0) is 13.2. The Morgan fingerprint density at radius 3 is 2.24 bits per heavy atom. The maximum absolute atomic E-state index is 6.09. The Hall–Kier alpha value is -1.46. The van der Waals surface area contributed by atoms with E-state index < -0.39 is 0 Å². The average molecular weight is 274 g/mol. The standard InChI is InChI=1S/C10H13Cl2N5/c1-4-3-6(8(12)5(2)7(4)11)16-10(15)17-9(13)14/h3H,1-2H3,(H6,13,14,15,16,17). The Labute approximate surface area is 109 Å². The molecule has 1 rings (SSSR count). The van der Waals surface area contributed by atoms with Gasteiger partial charge in [0.15, 0.2) is 5.96 Å². The molecule has 0 aliphatic carbocycles. The first-order chi connectivity index (χ1) is 7.82. The summed E-state index contributed by atoms with van der Waals surface area (Å²) in [5, 5.41) is 1.03. The number of hydrogen-bond donors (Lipinski definition) is 3. The second kappa shape index (κ2) is 5.25. The maximum Gasteiger partial charge on any atom is 0.223 e. The molecule has 0 amide bonds. The van der Waals surface area contributed by atoms with E-state index in [-0.39, 0.29) is 11.9 Å². The van der Waals surface area contributed by atoms with E-state index in [0.717, 1.165) is 11.1 Å². The van der Waals surface area contributed by atoms with Crippen molar-refractivity contribution in [1.29, 1.82) is 0 Å². The van der Waals surface area contributed by atoms with E-state index in [2.05, 4.69) is 9.98 Å². The van der Waals surface area contributed by atoms with Gasteiger partial charge in [0.25, 0.3) is 0 Å². The molecular weight excluding hydrogens is 261 g/mol. The minimum atomic E-state index is -0.162. The van der Waals surface area contributed by atoms with Gasteiger partial charge < -0.3 is 17.2 Å². The molecule has 0 fully saturated rings. The summed E-state index contributed by atoms with van der Waals surface area (Å²) in [4.78, 5) is 7.62. The van der Waals surface area contributed by atoms with Crippen LogP contribution in [-0.2, 0) is 0 Å². The van der Waals surface area contributed by atoms with E-state index in [1.165, 1.54) is 0 Å². The van der Waals surface area contributed by atoms with E-state index in [9.17, 15) is 0 Å². The van der Waals surface area contributed by atoms with Crippen LogP contribution < -0.4 is 17.2 Å². The van der Waals surface area contributed by atoms with Crippen molar-refractivity contribution < 1.29 is 0 Å². The Kier molecular flexibility index (Phi) is 4.20. The average Bonchev–Trinajstić information content (AvgIpc) is 2.21. The van der Waals surface area contributed by atoms with Crippen LogP contribution in [0.1, 0.15) is 11.1 Å². The predicted octanol–water partition coefficient (Wildman–Crippen LogP) is 1.83. The molecule has 0 bridgehead atoms. The van der Waals surface area contributed by atoms with Crippen LogP contribution >= 0.6 is 23.2 Å². The van der Waals surface area contributed by atoms with Gasteiger partial charge in [-0.05, 0) is 31.0 Å². The second-order valence-electron chi connectivity index (χ2n) is 3.47. The number of benzene rings is 1. The molecule has 0 saturated heterocycles. The van der Waals surface area contributed by atoms with Crippen molar-refractivity contribution in [2.75, 3.05) is 0 Å². The van der Waals surface area contributed by atoms with Gasteiger partial charge in [0.2, 0.25) is 5.96 Å². The molecule has 7 heteroatoms. The molecular formula is C10H13Cl2N5. The summed E-state index contributed by atoms with van der Waals surface area (Å²) >= 11 is 12.1. The van der Waals surface area contributed by atoms with Crippen molar-refractivity contribution >= 4 is 40.8 Å². The Morgan fingerprint density at radius 2 is 1.71 bits per heavy atom. The molecule has 0 saturated carbocycles. The van der Waals surface area contributed by atoms with Gasteiger partial charge in [-0.15, -0.1) is 0 Å². The first-order valence-electron chi connectivity index (χ1n) is 4.72. The van der Waals surface area contributed by atoms with Crippen LogP contribution in [0.4, 0.5) is 5.69 Å². The maximum atomic E-state index is 6.09. The van der Waals surface area contributed by atoms with Crippen LogP contribution in [0, 0.1) is 13.8 Å². The van der Waals surface area contributed by atoms with Crippen LogP contribution in [0.15, 0.2) is 16.1 Å². The summed E-state index contributed by atoms with van der Waals surface area (Å²) in [5.74, 6) is -0.224. The molecule has 0 radical (unpaired) electrons. The van der Waals surface area contributed by atoms with Crippen molar-refractivity contribution in [3.05, 3.63) is 27.2 Å². The predicted molar refractivity (Wildman–Crippen MR) is 73.0 cm³/mol. The lowest BCUT2D eigenvalue weighted by Crippen LogP contribution is -2.26. The van der Waals surface area contributed by atoms with Gasteiger partial charge in [-0.1, -0.05) is 23.2 Å². The number of aryl methyl sites for hydroxylation is 1. The van der Waals surface area contributed by atoms with Gasteiger partial charge >= 0.3 is 0 Å². The third kappa shape index (κ3) is 3.25. The highest BCUT2D eigenvalue weighted by atomic mass is 35.5. The molecule has 0 unspecified atom stereocenters. The number of hydrogen-bond acceptors (Lipinski definition) is 1. The van der Waals surface area contributed by atoms with E-state index in [0.29, 0.717) is 15.7 Å².